The van der Waals surface area contributed by atoms with Gasteiger partial charge in [-0.15, -0.1) is 0 Å². The molecular formula is C25H31FN4O2. The van der Waals surface area contributed by atoms with Gasteiger partial charge in [-0.2, -0.15) is 0 Å². The quantitative estimate of drug-likeness (QED) is 0.523. The fourth-order valence-corrected chi connectivity index (χ4v) is 3.82. The average molecular weight is 439 g/mol. The number of hydrogen-bond acceptors (Lipinski definition) is 4. The molecule has 2 aromatic heterocycles. The highest BCUT2D eigenvalue weighted by Gasteiger charge is 2.18. The first-order chi connectivity index (χ1) is 15.4. The van der Waals surface area contributed by atoms with Gasteiger partial charge in [0.15, 0.2) is 0 Å². The molecule has 0 spiro atoms. The Hall–Kier alpha value is -3.06. The summed E-state index contributed by atoms with van der Waals surface area (Å²) in [7, 11) is 0. The van der Waals surface area contributed by atoms with Gasteiger partial charge in [-0.3, -0.25) is 14.2 Å². The van der Waals surface area contributed by atoms with E-state index in [9.17, 15) is 14.0 Å². The third kappa shape index (κ3) is 5.79. The van der Waals surface area contributed by atoms with Gasteiger partial charge in [0, 0.05) is 17.6 Å². The van der Waals surface area contributed by atoms with E-state index in [-0.39, 0.29) is 29.9 Å². The Morgan fingerprint density at radius 3 is 2.59 bits per heavy atom. The minimum atomic E-state index is -0.409. The number of carbonyl (C=O) groups is 1. The highest BCUT2D eigenvalue weighted by molar-refractivity contribution is 5.97. The summed E-state index contributed by atoms with van der Waals surface area (Å²) in [6.45, 7) is 9.44. The minimum Gasteiger partial charge on any atom is -0.349 e. The van der Waals surface area contributed by atoms with E-state index in [2.05, 4.69) is 29.0 Å². The zero-order valence-electron chi connectivity index (χ0n) is 19.0. The molecular weight excluding hydrogens is 407 g/mol. The number of hydrogen-bond donors (Lipinski definition) is 1. The second-order valence-corrected chi connectivity index (χ2v) is 8.04. The molecule has 0 fully saturated rings. The number of amides is 1. The summed E-state index contributed by atoms with van der Waals surface area (Å²) in [6.07, 6.45) is 3.42. The van der Waals surface area contributed by atoms with Gasteiger partial charge in [-0.1, -0.05) is 26.0 Å². The Labute approximate surface area is 188 Å². The molecule has 6 nitrogen and oxygen atoms in total. The predicted octanol–water partition coefficient (Wildman–Crippen LogP) is 3.82. The summed E-state index contributed by atoms with van der Waals surface area (Å²) < 4.78 is 14.8. The first kappa shape index (κ1) is 23.6. The number of nitrogens with one attached hydrogen (secondary N) is 1. The number of halogens is 1. The molecule has 32 heavy (non-hydrogen) atoms. The summed E-state index contributed by atoms with van der Waals surface area (Å²) in [6, 6.07) is 11.1. The van der Waals surface area contributed by atoms with Crippen molar-refractivity contribution in [2.75, 3.05) is 19.6 Å². The first-order valence-electron chi connectivity index (χ1n) is 11.2. The first-order valence-corrected chi connectivity index (χ1v) is 11.2. The van der Waals surface area contributed by atoms with Gasteiger partial charge in [-0.25, -0.2) is 9.37 Å². The van der Waals surface area contributed by atoms with Gasteiger partial charge in [-0.05, 0) is 75.3 Å². The lowest BCUT2D eigenvalue weighted by atomic mass is 10.1. The largest absolute Gasteiger partial charge is 0.349 e. The summed E-state index contributed by atoms with van der Waals surface area (Å²) in [5.74, 6) is -0.726. The molecule has 0 saturated heterocycles. The number of aromatic nitrogens is 2. The van der Waals surface area contributed by atoms with Crippen molar-refractivity contribution in [2.45, 2.75) is 46.2 Å². The number of carbonyl (C=O) groups excluding carboxylic acids is 1. The zero-order valence-corrected chi connectivity index (χ0v) is 19.0. The van der Waals surface area contributed by atoms with E-state index >= 15 is 0 Å². The van der Waals surface area contributed by atoms with Crippen molar-refractivity contribution in [1.82, 2.24) is 19.8 Å². The molecule has 1 amide bonds. The third-order valence-electron chi connectivity index (χ3n) is 5.73. The normalized spacial score (nSPS) is 12.3. The van der Waals surface area contributed by atoms with E-state index in [1.165, 1.54) is 16.7 Å². The standard InChI is InChI=1S/C25H31FN4O2/c1-4-29(5-2)15-7-8-18(3)28-24(31)22-16-20-9-6-14-27-23(20)30(25(22)32)17-19-10-12-21(26)13-11-19/h6,9-14,16,18H,4-5,7-8,15,17H2,1-3H3,(H,28,31). The van der Waals surface area contributed by atoms with Gasteiger partial charge >= 0.3 is 0 Å². The lowest BCUT2D eigenvalue weighted by Gasteiger charge is -2.20. The van der Waals surface area contributed by atoms with Gasteiger partial charge in [0.05, 0.1) is 6.54 Å². The molecule has 0 aliphatic rings. The zero-order chi connectivity index (χ0) is 23.1. The number of pyridine rings is 2. The second kappa shape index (κ2) is 11.0. The van der Waals surface area contributed by atoms with Crippen molar-refractivity contribution in [3.63, 3.8) is 0 Å². The molecule has 3 rings (SSSR count). The Balaban J connectivity index is 1.82. The molecule has 1 aromatic carbocycles. The van der Waals surface area contributed by atoms with Crippen LogP contribution in [0, 0.1) is 5.82 Å². The lowest BCUT2D eigenvalue weighted by molar-refractivity contribution is 0.0935. The van der Waals surface area contributed by atoms with Crippen LogP contribution in [-0.2, 0) is 6.54 Å². The van der Waals surface area contributed by atoms with Crippen LogP contribution in [0.25, 0.3) is 11.0 Å². The molecule has 3 aromatic rings. The van der Waals surface area contributed by atoms with Crippen molar-refractivity contribution in [2.24, 2.45) is 0 Å². The van der Waals surface area contributed by atoms with Gasteiger partial charge in [0.2, 0.25) is 0 Å². The fourth-order valence-electron chi connectivity index (χ4n) is 3.82. The van der Waals surface area contributed by atoms with E-state index in [0.29, 0.717) is 11.0 Å². The number of benzene rings is 1. The van der Waals surface area contributed by atoms with Crippen molar-refractivity contribution >= 4 is 16.9 Å². The molecule has 170 valence electrons. The van der Waals surface area contributed by atoms with E-state index in [1.54, 1.807) is 30.5 Å². The van der Waals surface area contributed by atoms with Crippen molar-refractivity contribution in [3.05, 3.63) is 76.0 Å². The summed E-state index contributed by atoms with van der Waals surface area (Å²) in [4.78, 5) is 32.9. The average Bonchev–Trinajstić information content (AvgIpc) is 2.79. The van der Waals surface area contributed by atoms with Gasteiger partial charge in [0.25, 0.3) is 11.5 Å². The van der Waals surface area contributed by atoms with E-state index in [1.807, 2.05) is 13.0 Å². The second-order valence-electron chi connectivity index (χ2n) is 8.04. The number of fused-ring (bicyclic) bond motifs is 1. The Morgan fingerprint density at radius 2 is 1.91 bits per heavy atom. The summed E-state index contributed by atoms with van der Waals surface area (Å²) in [5.41, 5.74) is 0.921. The topological polar surface area (TPSA) is 67.2 Å². The Morgan fingerprint density at radius 1 is 1.19 bits per heavy atom. The Bertz CT molecular complexity index is 1110. The molecule has 0 saturated carbocycles. The van der Waals surface area contributed by atoms with E-state index < -0.39 is 5.56 Å². The lowest BCUT2D eigenvalue weighted by Crippen LogP contribution is -2.38. The molecule has 1 atom stereocenters. The maximum absolute atomic E-state index is 13.3. The smallest absolute Gasteiger partial charge is 0.265 e. The van der Waals surface area contributed by atoms with Crippen LogP contribution in [0.15, 0.2) is 53.5 Å². The van der Waals surface area contributed by atoms with Crippen molar-refractivity contribution in [3.8, 4) is 0 Å². The summed E-state index contributed by atoms with van der Waals surface area (Å²) >= 11 is 0. The molecule has 0 aliphatic heterocycles. The molecule has 2 heterocycles. The number of nitrogens with zero attached hydrogens (tertiary/aromatic N) is 3. The fraction of sp³-hybridized carbons (Fsp3) is 0.400. The molecule has 1 unspecified atom stereocenters. The van der Waals surface area contributed by atoms with Crippen LogP contribution >= 0.6 is 0 Å². The minimum absolute atomic E-state index is 0.0485. The van der Waals surface area contributed by atoms with Crippen LogP contribution in [0.1, 0.15) is 49.5 Å². The van der Waals surface area contributed by atoms with Gasteiger partial charge in [0.1, 0.15) is 17.0 Å². The summed E-state index contributed by atoms with van der Waals surface area (Å²) in [5, 5.41) is 3.67. The maximum Gasteiger partial charge on any atom is 0.265 e. The highest BCUT2D eigenvalue weighted by Crippen LogP contribution is 2.14. The van der Waals surface area contributed by atoms with Crippen LogP contribution in [0.5, 0.6) is 0 Å². The van der Waals surface area contributed by atoms with Crippen molar-refractivity contribution in [1.29, 1.82) is 0 Å². The van der Waals surface area contributed by atoms with E-state index in [4.69, 9.17) is 0 Å². The van der Waals surface area contributed by atoms with Crippen LogP contribution in [0.3, 0.4) is 0 Å². The van der Waals surface area contributed by atoms with Crippen LogP contribution in [0.4, 0.5) is 4.39 Å². The third-order valence-corrected chi connectivity index (χ3v) is 5.73. The van der Waals surface area contributed by atoms with E-state index in [0.717, 1.165) is 38.0 Å². The maximum atomic E-state index is 13.3. The number of rotatable bonds is 10. The molecule has 1 N–H and O–H groups in total. The molecule has 0 bridgehead atoms. The van der Waals surface area contributed by atoms with Crippen LogP contribution in [0.2, 0.25) is 0 Å². The molecule has 7 heteroatoms. The Kier molecular flexibility index (Phi) is 8.11. The predicted molar refractivity (Wildman–Crippen MR) is 125 cm³/mol. The molecule has 0 radical (unpaired) electrons. The van der Waals surface area contributed by atoms with Gasteiger partial charge < -0.3 is 10.2 Å². The van der Waals surface area contributed by atoms with Crippen LogP contribution < -0.4 is 10.9 Å². The SMILES string of the molecule is CCN(CC)CCCC(C)NC(=O)c1cc2cccnc2n(Cc2ccc(F)cc2)c1=O. The monoisotopic (exact) mass is 438 g/mol. The van der Waals surface area contributed by atoms with Crippen molar-refractivity contribution < 1.29 is 9.18 Å². The molecule has 0 aliphatic carbocycles. The highest BCUT2D eigenvalue weighted by atomic mass is 19.1. The van der Waals surface area contributed by atoms with Crippen LogP contribution in [-0.4, -0.2) is 46.0 Å².